The molecule has 4 nitrogen and oxygen atoms in total. The van der Waals surface area contributed by atoms with Gasteiger partial charge in [-0.15, -0.1) is 0 Å². The molecule has 0 aromatic heterocycles. The first-order valence-electron chi connectivity index (χ1n) is 6.76. The Morgan fingerprint density at radius 2 is 1.95 bits per heavy atom. The molecule has 0 radical (unpaired) electrons. The molecule has 0 atom stereocenters. The minimum Gasteiger partial charge on any atom is -0.493 e. The SMILES string of the molecule is COc1cc(CO)cc(Cl)c1OCCOCCC(C)C. The fraction of sp³-hybridized carbons (Fsp3) is 0.600. The van der Waals surface area contributed by atoms with Gasteiger partial charge < -0.3 is 19.3 Å². The lowest BCUT2D eigenvalue weighted by Gasteiger charge is -2.14. The largest absolute Gasteiger partial charge is 0.493 e. The zero-order valence-corrected chi connectivity index (χ0v) is 13.1. The van der Waals surface area contributed by atoms with Crippen LogP contribution in [-0.4, -0.2) is 32.0 Å². The van der Waals surface area contributed by atoms with Crippen LogP contribution in [0.15, 0.2) is 12.1 Å². The number of aliphatic hydroxyl groups excluding tert-OH is 1. The van der Waals surface area contributed by atoms with E-state index in [2.05, 4.69) is 13.8 Å². The fourth-order valence-electron chi connectivity index (χ4n) is 1.63. The Balaban J connectivity index is 2.47. The van der Waals surface area contributed by atoms with Crippen LogP contribution in [-0.2, 0) is 11.3 Å². The molecule has 20 heavy (non-hydrogen) atoms. The standard InChI is InChI=1S/C15H23ClO4/c1-11(2)4-5-19-6-7-20-15-13(16)8-12(10-17)9-14(15)18-3/h8-9,11,17H,4-7,10H2,1-3H3. The highest BCUT2D eigenvalue weighted by Gasteiger charge is 2.11. The van der Waals surface area contributed by atoms with Crippen LogP contribution in [0.25, 0.3) is 0 Å². The number of ether oxygens (including phenoxy) is 3. The van der Waals surface area contributed by atoms with Crippen LogP contribution in [0.2, 0.25) is 5.02 Å². The third-order valence-electron chi connectivity index (χ3n) is 2.79. The normalized spacial score (nSPS) is 10.9. The summed E-state index contributed by atoms with van der Waals surface area (Å²) in [5.74, 6) is 1.64. The summed E-state index contributed by atoms with van der Waals surface area (Å²) < 4.78 is 16.3. The second-order valence-electron chi connectivity index (χ2n) is 4.91. The van der Waals surface area contributed by atoms with Crippen molar-refractivity contribution in [3.8, 4) is 11.5 Å². The maximum Gasteiger partial charge on any atom is 0.179 e. The Kier molecular flexibility index (Phi) is 7.73. The topological polar surface area (TPSA) is 47.9 Å². The summed E-state index contributed by atoms with van der Waals surface area (Å²) in [4.78, 5) is 0. The molecule has 0 unspecified atom stereocenters. The third-order valence-corrected chi connectivity index (χ3v) is 3.07. The van der Waals surface area contributed by atoms with Gasteiger partial charge in [0.05, 0.1) is 25.3 Å². The van der Waals surface area contributed by atoms with Gasteiger partial charge in [0.1, 0.15) is 6.61 Å². The van der Waals surface area contributed by atoms with Crippen molar-refractivity contribution >= 4 is 11.6 Å². The van der Waals surface area contributed by atoms with Crippen LogP contribution in [0.4, 0.5) is 0 Å². The van der Waals surface area contributed by atoms with Crippen molar-refractivity contribution in [3.05, 3.63) is 22.7 Å². The third kappa shape index (κ3) is 5.57. The van der Waals surface area contributed by atoms with Gasteiger partial charge in [0.25, 0.3) is 0 Å². The molecule has 1 N–H and O–H groups in total. The van der Waals surface area contributed by atoms with E-state index in [1.807, 2.05) is 0 Å². The van der Waals surface area contributed by atoms with Gasteiger partial charge in [-0.05, 0) is 30.0 Å². The molecule has 114 valence electrons. The van der Waals surface area contributed by atoms with Crippen LogP contribution >= 0.6 is 11.6 Å². The highest BCUT2D eigenvalue weighted by atomic mass is 35.5. The minimum absolute atomic E-state index is 0.0886. The molecule has 1 rings (SSSR count). The number of rotatable bonds is 9. The van der Waals surface area contributed by atoms with Crippen molar-refractivity contribution in [3.63, 3.8) is 0 Å². The summed E-state index contributed by atoms with van der Waals surface area (Å²) in [5.41, 5.74) is 0.687. The molecule has 0 heterocycles. The molecule has 0 spiro atoms. The number of hydrogen-bond acceptors (Lipinski definition) is 4. The van der Waals surface area contributed by atoms with Crippen molar-refractivity contribution in [2.45, 2.75) is 26.9 Å². The van der Waals surface area contributed by atoms with Gasteiger partial charge in [-0.3, -0.25) is 0 Å². The van der Waals surface area contributed by atoms with Gasteiger partial charge in [0.2, 0.25) is 0 Å². The second-order valence-corrected chi connectivity index (χ2v) is 5.32. The summed E-state index contributed by atoms with van der Waals surface area (Å²) in [5, 5.41) is 9.54. The predicted octanol–water partition coefficient (Wildman–Crippen LogP) is 3.28. The summed E-state index contributed by atoms with van der Waals surface area (Å²) >= 11 is 6.12. The van der Waals surface area contributed by atoms with E-state index in [4.69, 9.17) is 30.9 Å². The number of aliphatic hydroxyl groups is 1. The molecule has 0 amide bonds. The Hall–Kier alpha value is -0.970. The molecule has 5 heteroatoms. The fourth-order valence-corrected chi connectivity index (χ4v) is 1.92. The minimum atomic E-state index is -0.0886. The summed E-state index contributed by atoms with van der Waals surface area (Å²) in [7, 11) is 1.54. The first-order valence-corrected chi connectivity index (χ1v) is 7.14. The number of benzene rings is 1. The second kappa shape index (κ2) is 9.06. The quantitative estimate of drug-likeness (QED) is 0.711. The Morgan fingerprint density at radius 3 is 2.55 bits per heavy atom. The van der Waals surface area contributed by atoms with Crippen molar-refractivity contribution in [2.75, 3.05) is 26.9 Å². The molecule has 0 saturated carbocycles. The van der Waals surface area contributed by atoms with Crippen molar-refractivity contribution in [2.24, 2.45) is 5.92 Å². The molecular weight excluding hydrogens is 280 g/mol. The van der Waals surface area contributed by atoms with E-state index in [1.54, 1.807) is 19.2 Å². The molecule has 0 aliphatic heterocycles. The van der Waals surface area contributed by atoms with E-state index >= 15 is 0 Å². The Labute approximate surface area is 125 Å². The Morgan fingerprint density at radius 1 is 1.20 bits per heavy atom. The molecule has 0 saturated heterocycles. The zero-order valence-electron chi connectivity index (χ0n) is 12.3. The lowest BCUT2D eigenvalue weighted by molar-refractivity contribution is 0.0916. The summed E-state index contributed by atoms with van der Waals surface area (Å²) in [6.45, 7) is 5.88. The average Bonchev–Trinajstić information content (AvgIpc) is 2.42. The van der Waals surface area contributed by atoms with Gasteiger partial charge >= 0.3 is 0 Å². The van der Waals surface area contributed by atoms with E-state index in [9.17, 15) is 0 Å². The molecule has 1 aromatic carbocycles. The zero-order chi connectivity index (χ0) is 15.0. The highest BCUT2D eigenvalue weighted by Crippen LogP contribution is 2.36. The van der Waals surface area contributed by atoms with E-state index < -0.39 is 0 Å². The molecule has 0 bridgehead atoms. The van der Waals surface area contributed by atoms with Crippen LogP contribution in [0.3, 0.4) is 0 Å². The lowest BCUT2D eigenvalue weighted by atomic mass is 10.1. The Bertz CT molecular complexity index is 407. The molecule has 0 aliphatic rings. The first-order chi connectivity index (χ1) is 9.58. The van der Waals surface area contributed by atoms with Crippen LogP contribution in [0, 0.1) is 5.92 Å². The molecule has 1 aromatic rings. The smallest absolute Gasteiger partial charge is 0.179 e. The van der Waals surface area contributed by atoms with E-state index in [0.717, 1.165) is 13.0 Å². The van der Waals surface area contributed by atoms with E-state index in [0.29, 0.717) is 41.2 Å². The van der Waals surface area contributed by atoms with Gasteiger partial charge in [0, 0.05) is 6.61 Å². The first kappa shape index (κ1) is 17.1. The monoisotopic (exact) mass is 302 g/mol. The molecule has 0 fully saturated rings. The number of methoxy groups -OCH3 is 1. The molecule has 0 aliphatic carbocycles. The molecular formula is C15H23ClO4. The average molecular weight is 303 g/mol. The maximum atomic E-state index is 9.12. The van der Waals surface area contributed by atoms with Gasteiger partial charge in [-0.25, -0.2) is 0 Å². The predicted molar refractivity (Wildman–Crippen MR) is 79.7 cm³/mol. The van der Waals surface area contributed by atoms with Crippen LogP contribution in [0.1, 0.15) is 25.8 Å². The van der Waals surface area contributed by atoms with Gasteiger partial charge in [-0.1, -0.05) is 25.4 Å². The van der Waals surface area contributed by atoms with E-state index in [1.165, 1.54) is 0 Å². The summed E-state index contributed by atoms with van der Waals surface area (Å²) in [6.07, 6.45) is 1.04. The highest BCUT2D eigenvalue weighted by molar-refractivity contribution is 6.32. The van der Waals surface area contributed by atoms with Gasteiger partial charge in [0.15, 0.2) is 11.5 Å². The number of hydrogen-bond donors (Lipinski definition) is 1. The van der Waals surface area contributed by atoms with Crippen molar-refractivity contribution in [1.29, 1.82) is 0 Å². The van der Waals surface area contributed by atoms with Crippen LogP contribution < -0.4 is 9.47 Å². The van der Waals surface area contributed by atoms with E-state index in [-0.39, 0.29) is 6.61 Å². The van der Waals surface area contributed by atoms with Crippen molar-refractivity contribution < 1.29 is 19.3 Å². The summed E-state index contributed by atoms with van der Waals surface area (Å²) in [6, 6.07) is 3.37. The number of halogens is 1. The van der Waals surface area contributed by atoms with Gasteiger partial charge in [-0.2, -0.15) is 0 Å². The maximum absolute atomic E-state index is 9.12. The lowest BCUT2D eigenvalue weighted by Crippen LogP contribution is -2.09. The van der Waals surface area contributed by atoms with Crippen LogP contribution in [0.5, 0.6) is 11.5 Å². The van der Waals surface area contributed by atoms with Crippen molar-refractivity contribution in [1.82, 2.24) is 0 Å².